The molecule has 1 atom stereocenters. The normalized spacial score (nSPS) is 16.9. The number of rotatable bonds is 6. The Kier molecular flexibility index (Phi) is 7.69. The lowest BCUT2D eigenvalue weighted by molar-refractivity contribution is -0.148. The van der Waals surface area contributed by atoms with E-state index in [1.54, 1.807) is 45.0 Å². The predicted octanol–water partition coefficient (Wildman–Crippen LogP) is 3.15. The molecule has 0 aliphatic carbocycles. The van der Waals surface area contributed by atoms with E-state index >= 15 is 0 Å². The third-order valence-electron chi connectivity index (χ3n) is 4.65. The predicted molar refractivity (Wildman–Crippen MR) is 106 cm³/mol. The molecular formula is C21H32N2O5. The fourth-order valence-corrected chi connectivity index (χ4v) is 3.11. The van der Waals surface area contributed by atoms with Crippen LogP contribution in [0.5, 0.6) is 5.75 Å². The lowest BCUT2D eigenvalue weighted by Crippen LogP contribution is -2.39. The van der Waals surface area contributed by atoms with Crippen LogP contribution in [-0.4, -0.2) is 56.4 Å². The molecule has 0 bridgehead atoms. The van der Waals surface area contributed by atoms with Gasteiger partial charge in [-0.1, -0.05) is 18.2 Å². The van der Waals surface area contributed by atoms with Crippen LogP contribution in [0.3, 0.4) is 0 Å². The maximum Gasteiger partial charge on any atom is 0.408 e. The largest absolute Gasteiger partial charge is 0.496 e. The molecule has 0 aromatic heterocycles. The minimum atomic E-state index is -1.00. The SMILES string of the molecule is COc1ccccc1C(NC(=O)OC(C)(C)C)C(=O)OCC1CCN(C)CC1. The van der Waals surface area contributed by atoms with Crippen molar-refractivity contribution < 1.29 is 23.8 Å². The Bertz CT molecular complexity index is 663. The van der Waals surface area contributed by atoms with Crippen molar-refractivity contribution >= 4 is 12.1 Å². The summed E-state index contributed by atoms with van der Waals surface area (Å²) >= 11 is 0. The molecule has 156 valence electrons. The number of likely N-dealkylation sites (tertiary alicyclic amines) is 1. The first-order chi connectivity index (χ1) is 13.2. The molecule has 0 radical (unpaired) electrons. The van der Waals surface area contributed by atoms with Crippen LogP contribution >= 0.6 is 0 Å². The van der Waals surface area contributed by atoms with Crippen molar-refractivity contribution in [2.75, 3.05) is 33.9 Å². The first kappa shape index (κ1) is 22.0. The molecule has 1 aliphatic rings. The first-order valence-electron chi connectivity index (χ1n) is 9.67. The second-order valence-electron chi connectivity index (χ2n) is 8.20. The Balaban J connectivity index is 2.10. The van der Waals surface area contributed by atoms with Gasteiger partial charge in [0, 0.05) is 5.56 Å². The smallest absolute Gasteiger partial charge is 0.408 e. The number of nitrogens with one attached hydrogen (secondary N) is 1. The first-order valence-corrected chi connectivity index (χ1v) is 9.67. The van der Waals surface area contributed by atoms with Crippen molar-refractivity contribution in [1.82, 2.24) is 10.2 Å². The summed E-state index contributed by atoms with van der Waals surface area (Å²) in [6, 6.07) is 6.06. The number of hydrogen-bond acceptors (Lipinski definition) is 6. The van der Waals surface area contributed by atoms with E-state index in [4.69, 9.17) is 14.2 Å². The second kappa shape index (κ2) is 9.78. The molecule has 28 heavy (non-hydrogen) atoms. The van der Waals surface area contributed by atoms with Crippen molar-refractivity contribution in [2.45, 2.75) is 45.3 Å². The lowest BCUT2D eigenvalue weighted by atomic mass is 9.98. The Morgan fingerprint density at radius 1 is 1.21 bits per heavy atom. The Morgan fingerprint density at radius 3 is 2.46 bits per heavy atom. The van der Waals surface area contributed by atoms with Gasteiger partial charge in [-0.2, -0.15) is 0 Å². The highest BCUT2D eigenvalue weighted by molar-refractivity contribution is 5.83. The van der Waals surface area contributed by atoms with Gasteiger partial charge in [-0.05, 0) is 65.7 Å². The van der Waals surface area contributed by atoms with E-state index in [1.165, 1.54) is 7.11 Å². The molecule has 1 heterocycles. The molecule has 1 unspecified atom stereocenters. The van der Waals surface area contributed by atoms with E-state index in [2.05, 4.69) is 17.3 Å². The molecule has 7 nitrogen and oxygen atoms in total. The topological polar surface area (TPSA) is 77.1 Å². The highest BCUT2D eigenvalue weighted by Gasteiger charge is 2.30. The fourth-order valence-electron chi connectivity index (χ4n) is 3.11. The number of amides is 1. The number of carbonyl (C=O) groups is 2. The zero-order chi connectivity index (χ0) is 20.7. The number of ether oxygens (including phenoxy) is 3. The molecule has 2 rings (SSSR count). The molecule has 0 saturated carbocycles. The minimum Gasteiger partial charge on any atom is -0.496 e. The van der Waals surface area contributed by atoms with Gasteiger partial charge in [-0.15, -0.1) is 0 Å². The maximum absolute atomic E-state index is 12.9. The minimum absolute atomic E-state index is 0.333. The molecule has 1 aromatic rings. The summed E-state index contributed by atoms with van der Waals surface area (Å²) in [5, 5.41) is 2.64. The van der Waals surface area contributed by atoms with Gasteiger partial charge in [0.15, 0.2) is 6.04 Å². The van der Waals surface area contributed by atoms with Gasteiger partial charge in [0.25, 0.3) is 0 Å². The highest BCUT2D eigenvalue weighted by Crippen LogP contribution is 2.27. The third-order valence-corrected chi connectivity index (χ3v) is 4.65. The van der Waals surface area contributed by atoms with Gasteiger partial charge < -0.3 is 24.4 Å². The van der Waals surface area contributed by atoms with Gasteiger partial charge >= 0.3 is 12.1 Å². The van der Waals surface area contributed by atoms with Crippen LogP contribution in [-0.2, 0) is 14.3 Å². The van der Waals surface area contributed by atoms with Gasteiger partial charge in [-0.25, -0.2) is 9.59 Å². The van der Waals surface area contributed by atoms with Gasteiger partial charge in [0.1, 0.15) is 11.4 Å². The van der Waals surface area contributed by atoms with Crippen molar-refractivity contribution in [3.05, 3.63) is 29.8 Å². The zero-order valence-corrected chi connectivity index (χ0v) is 17.5. The number of hydrogen-bond donors (Lipinski definition) is 1. The van der Waals surface area contributed by atoms with Crippen molar-refractivity contribution in [1.29, 1.82) is 0 Å². The molecule has 1 aliphatic heterocycles. The fraction of sp³-hybridized carbons (Fsp3) is 0.619. The monoisotopic (exact) mass is 392 g/mol. The number of esters is 1. The van der Waals surface area contributed by atoms with Crippen LogP contribution in [0.4, 0.5) is 4.79 Å². The van der Waals surface area contributed by atoms with E-state index in [0.717, 1.165) is 25.9 Å². The summed E-state index contributed by atoms with van der Waals surface area (Å²) in [7, 11) is 3.61. The van der Waals surface area contributed by atoms with E-state index in [1.807, 2.05) is 0 Å². The van der Waals surface area contributed by atoms with Gasteiger partial charge in [-0.3, -0.25) is 0 Å². The standard InChI is InChI=1S/C21H32N2O5/c1-21(2,3)28-20(25)22-18(16-8-6-7-9-17(16)26-5)19(24)27-14-15-10-12-23(4)13-11-15/h6-9,15,18H,10-14H2,1-5H3,(H,22,25). The number of para-hydroxylation sites is 1. The summed E-state index contributed by atoms with van der Waals surface area (Å²) in [6.45, 7) is 7.63. The molecule has 1 fully saturated rings. The molecule has 1 N–H and O–H groups in total. The van der Waals surface area contributed by atoms with Gasteiger partial charge in [0.2, 0.25) is 0 Å². The summed E-state index contributed by atoms with van der Waals surface area (Å²) in [4.78, 5) is 27.4. The Hall–Kier alpha value is -2.28. The summed E-state index contributed by atoms with van der Waals surface area (Å²) in [5.74, 6) is 0.314. The van der Waals surface area contributed by atoms with E-state index in [9.17, 15) is 9.59 Å². The number of methoxy groups -OCH3 is 1. The van der Waals surface area contributed by atoms with Crippen LogP contribution in [0.2, 0.25) is 0 Å². The van der Waals surface area contributed by atoms with Gasteiger partial charge in [0.05, 0.1) is 13.7 Å². The second-order valence-corrected chi connectivity index (χ2v) is 8.20. The molecule has 1 aromatic carbocycles. The van der Waals surface area contributed by atoms with Crippen molar-refractivity contribution in [2.24, 2.45) is 5.92 Å². The highest BCUT2D eigenvalue weighted by atomic mass is 16.6. The zero-order valence-electron chi connectivity index (χ0n) is 17.5. The number of piperidine rings is 1. The maximum atomic E-state index is 12.9. The average molecular weight is 392 g/mol. The number of alkyl carbamates (subject to hydrolysis) is 1. The molecule has 7 heteroatoms. The van der Waals surface area contributed by atoms with E-state index in [-0.39, 0.29) is 0 Å². The van der Waals surface area contributed by atoms with E-state index < -0.39 is 23.7 Å². The summed E-state index contributed by atoms with van der Waals surface area (Å²) in [5.41, 5.74) is -0.141. The number of benzene rings is 1. The van der Waals surface area contributed by atoms with Crippen LogP contribution < -0.4 is 10.1 Å². The van der Waals surface area contributed by atoms with Crippen molar-refractivity contribution in [3.8, 4) is 5.75 Å². The molecule has 0 spiro atoms. The van der Waals surface area contributed by atoms with Crippen LogP contribution in [0.25, 0.3) is 0 Å². The molecule has 1 saturated heterocycles. The Morgan fingerprint density at radius 2 is 1.86 bits per heavy atom. The number of nitrogens with zero attached hydrogens (tertiary/aromatic N) is 1. The molecular weight excluding hydrogens is 360 g/mol. The number of carbonyl (C=O) groups excluding carboxylic acids is 2. The summed E-state index contributed by atoms with van der Waals surface area (Å²) < 4.78 is 16.3. The van der Waals surface area contributed by atoms with Crippen LogP contribution in [0.1, 0.15) is 45.2 Å². The quantitative estimate of drug-likeness (QED) is 0.750. The summed E-state index contributed by atoms with van der Waals surface area (Å²) in [6.07, 6.45) is 1.30. The molecule has 1 amide bonds. The Labute approximate surface area is 167 Å². The van der Waals surface area contributed by atoms with Crippen LogP contribution in [0, 0.1) is 5.92 Å². The van der Waals surface area contributed by atoms with Crippen LogP contribution in [0.15, 0.2) is 24.3 Å². The third kappa shape index (κ3) is 6.71. The van der Waals surface area contributed by atoms with E-state index in [0.29, 0.717) is 23.8 Å². The average Bonchev–Trinajstić information content (AvgIpc) is 2.64. The van der Waals surface area contributed by atoms with Crippen molar-refractivity contribution in [3.63, 3.8) is 0 Å². The lowest BCUT2D eigenvalue weighted by Gasteiger charge is -2.29.